The van der Waals surface area contributed by atoms with Gasteiger partial charge in [0.2, 0.25) is 0 Å². The zero-order chi connectivity index (χ0) is 10.8. The van der Waals surface area contributed by atoms with E-state index in [1.165, 1.54) is 12.8 Å². The first-order valence-electron chi connectivity index (χ1n) is 5.78. The normalized spacial score (nSPS) is 21.8. The van der Waals surface area contributed by atoms with Crippen LogP contribution in [0.2, 0.25) is 0 Å². The lowest BCUT2D eigenvalue weighted by atomic mass is 10.0. The van der Waals surface area contributed by atoms with Gasteiger partial charge >= 0.3 is 0 Å². The first-order valence-corrected chi connectivity index (χ1v) is 5.78. The quantitative estimate of drug-likeness (QED) is 0.606. The van der Waals surface area contributed by atoms with Gasteiger partial charge in [0.05, 0.1) is 26.4 Å². The van der Waals surface area contributed by atoms with E-state index < -0.39 is 0 Å². The second-order valence-corrected chi connectivity index (χ2v) is 3.89. The minimum Gasteiger partial charge on any atom is -0.382 e. The lowest BCUT2D eigenvalue weighted by Gasteiger charge is -2.22. The van der Waals surface area contributed by atoms with Crippen molar-refractivity contribution in [2.45, 2.75) is 12.8 Å². The standard InChI is InChI=1S/C11H23NO3/c1-13-7-8-14-6-4-12-9-11-3-2-5-15-10-11/h11-12H,2-10H2,1H3. The Morgan fingerprint density at radius 1 is 1.33 bits per heavy atom. The Morgan fingerprint density at radius 2 is 2.27 bits per heavy atom. The van der Waals surface area contributed by atoms with Crippen LogP contribution in [0.1, 0.15) is 12.8 Å². The predicted molar refractivity (Wildman–Crippen MR) is 59.1 cm³/mol. The maximum absolute atomic E-state index is 5.40. The zero-order valence-corrected chi connectivity index (χ0v) is 9.67. The van der Waals surface area contributed by atoms with Crippen LogP contribution < -0.4 is 5.32 Å². The Kier molecular flexibility index (Phi) is 7.83. The molecular formula is C11H23NO3. The van der Waals surface area contributed by atoms with Gasteiger partial charge in [0.15, 0.2) is 0 Å². The smallest absolute Gasteiger partial charge is 0.0700 e. The molecule has 0 amide bonds. The van der Waals surface area contributed by atoms with Gasteiger partial charge in [-0.05, 0) is 18.8 Å². The van der Waals surface area contributed by atoms with Crippen molar-refractivity contribution in [1.29, 1.82) is 0 Å². The molecule has 1 rings (SSSR count). The summed E-state index contributed by atoms with van der Waals surface area (Å²) in [6.45, 7) is 5.94. The van der Waals surface area contributed by atoms with Crippen molar-refractivity contribution in [2.24, 2.45) is 5.92 Å². The average molecular weight is 217 g/mol. The molecule has 1 unspecified atom stereocenters. The summed E-state index contributed by atoms with van der Waals surface area (Å²) in [6, 6.07) is 0. The Hall–Kier alpha value is -0.160. The molecule has 4 nitrogen and oxygen atoms in total. The number of rotatable bonds is 8. The Morgan fingerprint density at radius 3 is 3.00 bits per heavy atom. The van der Waals surface area contributed by atoms with Crippen molar-refractivity contribution in [1.82, 2.24) is 5.32 Å². The maximum Gasteiger partial charge on any atom is 0.0700 e. The highest BCUT2D eigenvalue weighted by Crippen LogP contribution is 2.11. The summed E-state index contributed by atoms with van der Waals surface area (Å²) in [4.78, 5) is 0. The van der Waals surface area contributed by atoms with Crippen molar-refractivity contribution >= 4 is 0 Å². The van der Waals surface area contributed by atoms with E-state index in [-0.39, 0.29) is 0 Å². The number of hydrogen-bond acceptors (Lipinski definition) is 4. The van der Waals surface area contributed by atoms with Gasteiger partial charge in [-0.15, -0.1) is 0 Å². The third-order valence-corrected chi connectivity index (χ3v) is 2.54. The van der Waals surface area contributed by atoms with Crippen molar-refractivity contribution in [3.8, 4) is 0 Å². The number of ether oxygens (including phenoxy) is 3. The van der Waals surface area contributed by atoms with Crippen molar-refractivity contribution in [2.75, 3.05) is 53.2 Å². The molecule has 1 aliphatic heterocycles. The molecule has 0 bridgehead atoms. The molecule has 0 aromatic carbocycles. The summed E-state index contributed by atoms with van der Waals surface area (Å²) < 4.78 is 15.6. The van der Waals surface area contributed by atoms with Gasteiger partial charge in [0.25, 0.3) is 0 Å². The van der Waals surface area contributed by atoms with Crippen molar-refractivity contribution in [3.05, 3.63) is 0 Å². The summed E-state index contributed by atoms with van der Waals surface area (Å²) in [5, 5.41) is 3.39. The lowest BCUT2D eigenvalue weighted by Crippen LogP contribution is -2.31. The van der Waals surface area contributed by atoms with Crippen LogP contribution in [0.3, 0.4) is 0 Å². The number of nitrogens with one attached hydrogen (secondary N) is 1. The molecule has 1 fully saturated rings. The van der Waals surface area contributed by atoms with Gasteiger partial charge in [-0.25, -0.2) is 0 Å². The molecule has 90 valence electrons. The first-order chi connectivity index (χ1) is 7.43. The Balaban J connectivity index is 1.79. The molecule has 0 aromatic heterocycles. The number of methoxy groups -OCH3 is 1. The lowest BCUT2D eigenvalue weighted by molar-refractivity contribution is 0.0512. The van der Waals surface area contributed by atoms with E-state index in [0.29, 0.717) is 19.1 Å². The van der Waals surface area contributed by atoms with Crippen LogP contribution in [0.4, 0.5) is 0 Å². The molecule has 0 spiro atoms. The molecule has 15 heavy (non-hydrogen) atoms. The van der Waals surface area contributed by atoms with E-state index in [4.69, 9.17) is 14.2 Å². The van der Waals surface area contributed by atoms with Crippen LogP contribution in [0.25, 0.3) is 0 Å². The van der Waals surface area contributed by atoms with Crippen molar-refractivity contribution < 1.29 is 14.2 Å². The summed E-state index contributed by atoms with van der Waals surface area (Å²) in [5.74, 6) is 0.692. The third kappa shape index (κ3) is 6.84. The van der Waals surface area contributed by atoms with Crippen LogP contribution >= 0.6 is 0 Å². The summed E-state index contributed by atoms with van der Waals surface area (Å²) in [6.07, 6.45) is 2.49. The molecule has 1 atom stereocenters. The highest BCUT2D eigenvalue weighted by Gasteiger charge is 2.12. The molecule has 1 N–H and O–H groups in total. The molecule has 0 radical (unpaired) electrons. The minimum atomic E-state index is 0.677. The Labute approximate surface area is 92.3 Å². The topological polar surface area (TPSA) is 39.7 Å². The van der Waals surface area contributed by atoms with Gasteiger partial charge < -0.3 is 19.5 Å². The average Bonchev–Trinajstić information content (AvgIpc) is 2.29. The monoisotopic (exact) mass is 217 g/mol. The van der Waals surface area contributed by atoms with E-state index >= 15 is 0 Å². The Bertz CT molecular complexity index is 138. The second kappa shape index (κ2) is 9.09. The third-order valence-electron chi connectivity index (χ3n) is 2.54. The van der Waals surface area contributed by atoms with Gasteiger partial charge in [-0.2, -0.15) is 0 Å². The fraction of sp³-hybridized carbons (Fsp3) is 1.00. The molecule has 0 aromatic rings. The predicted octanol–water partition coefficient (Wildman–Crippen LogP) is 0.666. The van der Waals surface area contributed by atoms with E-state index in [0.717, 1.165) is 32.9 Å². The highest BCUT2D eigenvalue weighted by molar-refractivity contribution is 4.65. The van der Waals surface area contributed by atoms with Gasteiger partial charge in [-0.1, -0.05) is 0 Å². The maximum atomic E-state index is 5.40. The molecule has 0 aliphatic carbocycles. The zero-order valence-electron chi connectivity index (χ0n) is 9.67. The van der Waals surface area contributed by atoms with E-state index in [9.17, 15) is 0 Å². The molecule has 4 heteroatoms. The fourth-order valence-corrected chi connectivity index (χ4v) is 1.66. The largest absolute Gasteiger partial charge is 0.382 e. The summed E-state index contributed by atoms with van der Waals surface area (Å²) in [5.41, 5.74) is 0. The van der Waals surface area contributed by atoms with Gasteiger partial charge in [0.1, 0.15) is 0 Å². The second-order valence-electron chi connectivity index (χ2n) is 3.89. The van der Waals surface area contributed by atoms with Gasteiger partial charge in [-0.3, -0.25) is 0 Å². The molecule has 1 heterocycles. The molecule has 0 saturated carbocycles. The number of hydrogen-bond donors (Lipinski definition) is 1. The van der Waals surface area contributed by atoms with Crippen molar-refractivity contribution in [3.63, 3.8) is 0 Å². The van der Waals surface area contributed by atoms with Crippen LogP contribution in [0.5, 0.6) is 0 Å². The first kappa shape index (κ1) is 12.9. The highest BCUT2D eigenvalue weighted by atomic mass is 16.5. The van der Waals surface area contributed by atoms with E-state index in [1.54, 1.807) is 7.11 Å². The summed E-state index contributed by atoms with van der Waals surface area (Å²) >= 11 is 0. The van der Waals surface area contributed by atoms with Crippen LogP contribution in [-0.4, -0.2) is 53.2 Å². The SMILES string of the molecule is COCCOCCNCC1CCCOC1. The minimum absolute atomic E-state index is 0.677. The molecule has 1 aliphatic rings. The molecule has 1 saturated heterocycles. The van der Waals surface area contributed by atoms with Crippen LogP contribution in [0, 0.1) is 5.92 Å². The van der Waals surface area contributed by atoms with E-state index in [1.807, 2.05) is 0 Å². The van der Waals surface area contributed by atoms with E-state index in [2.05, 4.69) is 5.32 Å². The van der Waals surface area contributed by atoms with Crippen LogP contribution in [0.15, 0.2) is 0 Å². The van der Waals surface area contributed by atoms with Crippen LogP contribution in [-0.2, 0) is 14.2 Å². The van der Waals surface area contributed by atoms with Gasteiger partial charge in [0, 0.05) is 26.8 Å². The molecular weight excluding hydrogens is 194 g/mol. The summed E-state index contributed by atoms with van der Waals surface area (Å²) in [7, 11) is 1.69. The fourth-order valence-electron chi connectivity index (χ4n) is 1.66.